The van der Waals surface area contributed by atoms with E-state index in [4.69, 9.17) is 0 Å². The van der Waals surface area contributed by atoms with Gasteiger partial charge < -0.3 is 0 Å². The minimum Gasteiger partial charge on any atom is -0.195 e. The van der Waals surface area contributed by atoms with Crippen LogP contribution in [0, 0.1) is 13.8 Å². The van der Waals surface area contributed by atoms with Gasteiger partial charge in [-0.25, -0.2) is 0 Å². The second kappa shape index (κ2) is 6.17. The van der Waals surface area contributed by atoms with E-state index in [0.29, 0.717) is 6.42 Å². The van der Waals surface area contributed by atoms with Crippen LogP contribution in [0.4, 0.5) is 13.2 Å². The van der Waals surface area contributed by atoms with E-state index in [1.165, 1.54) is 0 Å². The molecule has 2 rings (SSSR count). The average Bonchev–Trinajstić information content (AvgIpc) is 2.85. The number of hydrogen-bond donors (Lipinski definition) is 1. The largest absolute Gasteiger partial charge is 0.402 e. The molecule has 1 fully saturated rings. The maximum Gasteiger partial charge on any atom is 0.402 e. The zero-order chi connectivity index (χ0) is 16.5. The third-order valence-electron chi connectivity index (χ3n) is 3.66. The monoisotopic (exact) mass is 336 g/mol. The zero-order valence-corrected chi connectivity index (χ0v) is 13.3. The van der Waals surface area contributed by atoms with Gasteiger partial charge in [0, 0.05) is 13.1 Å². The van der Waals surface area contributed by atoms with Crippen LogP contribution >= 0.6 is 0 Å². The summed E-state index contributed by atoms with van der Waals surface area (Å²) < 4.78 is 63.0. The standard InChI is InChI=1S/C14H19F3N2O2S/c1-10-5-11(2)7-13(6-10)12-3-4-19(8-12)22(20,21)18-9-14(15,16)17/h5-7,12,18H,3-4,8-9H2,1-2H3/t12-/m1/s1. The maximum absolute atomic E-state index is 12.2. The fourth-order valence-corrected chi connectivity index (χ4v) is 3.98. The fraction of sp³-hybridized carbons (Fsp3) is 0.571. The summed E-state index contributed by atoms with van der Waals surface area (Å²) in [4.78, 5) is 0. The molecule has 124 valence electrons. The quantitative estimate of drug-likeness (QED) is 0.918. The normalized spacial score (nSPS) is 20.5. The first-order valence-electron chi connectivity index (χ1n) is 6.96. The number of alkyl halides is 3. The van der Waals surface area contributed by atoms with E-state index in [9.17, 15) is 21.6 Å². The SMILES string of the molecule is Cc1cc(C)cc([C@@H]2CCN(S(=O)(=O)NCC(F)(F)F)C2)c1. The van der Waals surface area contributed by atoms with Crippen LogP contribution in [-0.2, 0) is 10.2 Å². The molecule has 0 bridgehead atoms. The molecule has 1 aliphatic rings. The molecule has 1 aromatic carbocycles. The molecule has 1 atom stereocenters. The summed E-state index contributed by atoms with van der Waals surface area (Å²) in [7, 11) is -4.09. The number of rotatable bonds is 4. The highest BCUT2D eigenvalue weighted by atomic mass is 32.2. The number of hydrogen-bond acceptors (Lipinski definition) is 2. The Hall–Kier alpha value is -1.12. The molecule has 4 nitrogen and oxygen atoms in total. The second-order valence-electron chi connectivity index (χ2n) is 5.71. The van der Waals surface area contributed by atoms with Crippen molar-refractivity contribution in [2.75, 3.05) is 19.6 Å². The number of nitrogens with zero attached hydrogens (tertiary/aromatic N) is 1. The van der Waals surface area contributed by atoms with Gasteiger partial charge in [0.1, 0.15) is 6.54 Å². The topological polar surface area (TPSA) is 49.4 Å². The van der Waals surface area contributed by atoms with E-state index < -0.39 is 22.9 Å². The molecule has 0 amide bonds. The van der Waals surface area contributed by atoms with Crippen LogP contribution in [0.5, 0.6) is 0 Å². The van der Waals surface area contributed by atoms with Gasteiger partial charge >= 0.3 is 6.18 Å². The van der Waals surface area contributed by atoms with Crippen LogP contribution in [0.25, 0.3) is 0 Å². The molecular formula is C14H19F3N2O2S. The number of halogens is 3. The summed E-state index contributed by atoms with van der Waals surface area (Å²) in [6.45, 7) is 2.82. The Bertz CT molecular complexity index is 624. The van der Waals surface area contributed by atoms with E-state index >= 15 is 0 Å². The molecule has 0 radical (unpaired) electrons. The molecule has 0 unspecified atom stereocenters. The molecule has 8 heteroatoms. The van der Waals surface area contributed by atoms with Gasteiger partial charge in [-0.3, -0.25) is 0 Å². The van der Waals surface area contributed by atoms with E-state index in [2.05, 4.69) is 0 Å². The predicted octanol–water partition coefficient (Wildman–Crippen LogP) is 2.49. The van der Waals surface area contributed by atoms with Crippen molar-refractivity contribution in [3.8, 4) is 0 Å². The van der Waals surface area contributed by atoms with E-state index in [-0.39, 0.29) is 19.0 Å². The van der Waals surface area contributed by atoms with Gasteiger partial charge in [-0.2, -0.15) is 30.6 Å². The Kier molecular flexibility index (Phi) is 4.84. The van der Waals surface area contributed by atoms with Crippen molar-refractivity contribution in [3.05, 3.63) is 34.9 Å². The summed E-state index contributed by atoms with van der Waals surface area (Å²) in [6.07, 6.45) is -3.95. The lowest BCUT2D eigenvalue weighted by Crippen LogP contribution is -2.43. The van der Waals surface area contributed by atoms with Crippen molar-refractivity contribution in [1.82, 2.24) is 9.03 Å². The van der Waals surface area contributed by atoms with Crippen LogP contribution in [0.15, 0.2) is 18.2 Å². The molecule has 0 saturated carbocycles. The van der Waals surface area contributed by atoms with Crippen LogP contribution in [0.1, 0.15) is 29.0 Å². The summed E-state index contributed by atoms with van der Waals surface area (Å²) in [5.41, 5.74) is 3.21. The van der Waals surface area contributed by atoms with Gasteiger partial charge in [-0.05, 0) is 31.7 Å². The highest BCUT2D eigenvalue weighted by Crippen LogP contribution is 2.30. The minimum absolute atomic E-state index is 0.0149. The first-order valence-corrected chi connectivity index (χ1v) is 8.40. The highest BCUT2D eigenvalue weighted by Gasteiger charge is 2.35. The first kappa shape index (κ1) is 17.2. The second-order valence-corrected chi connectivity index (χ2v) is 7.46. The van der Waals surface area contributed by atoms with E-state index in [0.717, 1.165) is 21.0 Å². The third-order valence-corrected chi connectivity index (χ3v) is 5.18. The summed E-state index contributed by atoms with van der Waals surface area (Å²) in [5, 5.41) is 0. The van der Waals surface area contributed by atoms with Gasteiger partial charge in [0.05, 0.1) is 0 Å². The number of benzene rings is 1. The van der Waals surface area contributed by atoms with E-state index in [1.807, 2.05) is 32.0 Å². The lowest BCUT2D eigenvalue weighted by molar-refractivity contribution is -0.121. The molecule has 1 aromatic rings. The molecule has 1 saturated heterocycles. The molecule has 1 aliphatic heterocycles. The number of nitrogens with one attached hydrogen (secondary N) is 1. The summed E-state index contributed by atoms with van der Waals surface area (Å²) in [5.74, 6) is 0.0149. The lowest BCUT2D eigenvalue weighted by atomic mass is 9.95. The number of aryl methyl sites for hydroxylation is 2. The fourth-order valence-electron chi connectivity index (χ4n) is 2.73. The summed E-state index contributed by atoms with van der Waals surface area (Å²) in [6, 6.07) is 6.02. The highest BCUT2D eigenvalue weighted by molar-refractivity contribution is 7.87. The van der Waals surface area contributed by atoms with Crippen LogP contribution in [-0.4, -0.2) is 38.5 Å². The Morgan fingerprint density at radius 3 is 2.36 bits per heavy atom. The van der Waals surface area contributed by atoms with Gasteiger partial charge in [0.2, 0.25) is 0 Å². The van der Waals surface area contributed by atoms with Crippen LogP contribution in [0.3, 0.4) is 0 Å². The maximum atomic E-state index is 12.2. The molecule has 0 spiro atoms. The van der Waals surface area contributed by atoms with Crippen molar-refractivity contribution in [2.24, 2.45) is 0 Å². The lowest BCUT2D eigenvalue weighted by Gasteiger charge is -2.18. The molecule has 22 heavy (non-hydrogen) atoms. The Morgan fingerprint density at radius 2 is 1.82 bits per heavy atom. The molecule has 0 aromatic heterocycles. The van der Waals surface area contributed by atoms with Gasteiger partial charge in [-0.1, -0.05) is 29.3 Å². The van der Waals surface area contributed by atoms with Crippen molar-refractivity contribution >= 4 is 10.2 Å². The summed E-state index contributed by atoms with van der Waals surface area (Å²) >= 11 is 0. The average molecular weight is 336 g/mol. The Morgan fingerprint density at radius 1 is 1.23 bits per heavy atom. The van der Waals surface area contributed by atoms with Gasteiger partial charge in [-0.15, -0.1) is 0 Å². The van der Waals surface area contributed by atoms with Crippen molar-refractivity contribution < 1.29 is 21.6 Å². The smallest absolute Gasteiger partial charge is 0.195 e. The molecule has 1 heterocycles. The zero-order valence-electron chi connectivity index (χ0n) is 12.4. The third kappa shape index (κ3) is 4.44. The molecule has 0 aliphatic carbocycles. The van der Waals surface area contributed by atoms with Crippen molar-refractivity contribution in [2.45, 2.75) is 32.4 Å². The first-order chi connectivity index (χ1) is 10.1. The Labute approximate surface area is 128 Å². The predicted molar refractivity (Wildman–Crippen MR) is 77.8 cm³/mol. The molecular weight excluding hydrogens is 317 g/mol. The van der Waals surface area contributed by atoms with E-state index in [1.54, 1.807) is 4.72 Å². The Balaban J connectivity index is 2.06. The van der Waals surface area contributed by atoms with Gasteiger partial charge in [0.25, 0.3) is 10.2 Å². The van der Waals surface area contributed by atoms with Gasteiger partial charge in [0.15, 0.2) is 0 Å². The van der Waals surface area contributed by atoms with Crippen LogP contribution in [0.2, 0.25) is 0 Å². The van der Waals surface area contributed by atoms with Crippen molar-refractivity contribution in [3.63, 3.8) is 0 Å². The minimum atomic E-state index is -4.56. The van der Waals surface area contributed by atoms with Crippen LogP contribution < -0.4 is 4.72 Å². The van der Waals surface area contributed by atoms with Crippen molar-refractivity contribution in [1.29, 1.82) is 0 Å². The molecule has 1 N–H and O–H groups in total.